The van der Waals surface area contributed by atoms with E-state index in [1.54, 1.807) is 17.0 Å². The first kappa shape index (κ1) is 25.8. The Morgan fingerprint density at radius 3 is 2.29 bits per heavy atom. The van der Waals surface area contributed by atoms with Crippen LogP contribution in [0.1, 0.15) is 49.9 Å². The summed E-state index contributed by atoms with van der Waals surface area (Å²) in [5.41, 5.74) is 2.31. The van der Waals surface area contributed by atoms with Crippen LogP contribution >= 0.6 is 11.6 Å². The summed E-state index contributed by atoms with van der Waals surface area (Å²) in [6.45, 7) is 7.55. The summed E-state index contributed by atoms with van der Waals surface area (Å²) >= 11 is 6.26. The summed E-state index contributed by atoms with van der Waals surface area (Å²) in [5, 5.41) is 11.5. The van der Waals surface area contributed by atoms with E-state index in [1.807, 2.05) is 43.3 Å². The molecule has 0 aliphatic carbocycles. The predicted octanol–water partition coefficient (Wildman–Crippen LogP) is 5.02. The second-order valence-electron chi connectivity index (χ2n) is 9.87. The Morgan fingerprint density at radius 2 is 1.76 bits per heavy atom. The van der Waals surface area contributed by atoms with Crippen molar-refractivity contribution in [2.24, 2.45) is 0 Å². The van der Waals surface area contributed by atoms with Crippen LogP contribution in [0.25, 0.3) is 5.76 Å². The second kappa shape index (κ2) is 10.2. The van der Waals surface area contributed by atoms with E-state index < -0.39 is 17.7 Å². The Kier molecular flexibility index (Phi) is 7.74. The number of halogens is 1. The minimum absolute atomic E-state index is 0.0358. The van der Waals surface area contributed by atoms with Crippen LogP contribution in [0.15, 0.2) is 48.0 Å². The number of methoxy groups -OCH3 is 1. The number of amides is 1. The quantitative estimate of drug-likeness (QED) is 0.339. The molecule has 2 aromatic carbocycles. The van der Waals surface area contributed by atoms with Crippen LogP contribution in [-0.2, 0) is 15.0 Å². The van der Waals surface area contributed by atoms with Crippen molar-refractivity contribution >= 4 is 29.1 Å². The molecule has 1 fully saturated rings. The van der Waals surface area contributed by atoms with Crippen molar-refractivity contribution in [1.82, 2.24) is 9.80 Å². The van der Waals surface area contributed by atoms with Gasteiger partial charge < -0.3 is 19.6 Å². The molecule has 1 amide bonds. The SMILES string of the molecule is COc1ccc(/C(O)=C2\C(=O)C(=O)N(CCCN(C)C)C2c2ccc(C(C)(C)C)cc2)cc1Cl. The molecular weight excluding hydrogens is 452 g/mol. The van der Waals surface area contributed by atoms with Gasteiger partial charge in [0, 0.05) is 12.1 Å². The molecule has 1 saturated heterocycles. The fourth-order valence-electron chi connectivity index (χ4n) is 4.15. The predicted molar refractivity (Wildman–Crippen MR) is 135 cm³/mol. The van der Waals surface area contributed by atoms with E-state index in [0.717, 1.165) is 17.7 Å². The molecule has 1 aliphatic rings. The van der Waals surface area contributed by atoms with Gasteiger partial charge in [-0.15, -0.1) is 0 Å². The van der Waals surface area contributed by atoms with Crippen LogP contribution < -0.4 is 4.74 Å². The summed E-state index contributed by atoms with van der Waals surface area (Å²) in [6.07, 6.45) is 0.699. The highest BCUT2D eigenvalue weighted by Gasteiger charge is 2.45. The molecule has 3 rings (SSSR count). The van der Waals surface area contributed by atoms with E-state index in [4.69, 9.17) is 16.3 Å². The van der Waals surface area contributed by atoms with Crippen LogP contribution in [-0.4, -0.2) is 60.9 Å². The molecule has 7 heteroatoms. The maximum atomic E-state index is 13.2. The number of ether oxygens (including phenoxy) is 1. The highest BCUT2D eigenvalue weighted by atomic mass is 35.5. The number of hydrogen-bond donors (Lipinski definition) is 1. The zero-order chi connectivity index (χ0) is 25.2. The topological polar surface area (TPSA) is 70.1 Å². The van der Waals surface area contributed by atoms with Crippen molar-refractivity contribution in [1.29, 1.82) is 0 Å². The monoisotopic (exact) mass is 484 g/mol. The Morgan fingerprint density at radius 1 is 1.12 bits per heavy atom. The van der Waals surface area contributed by atoms with Gasteiger partial charge in [0.15, 0.2) is 0 Å². The van der Waals surface area contributed by atoms with Crippen LogP contribution in [0.5, 0.6) is 5.75 Å². The third kappa shape index (κ3) is 5.29. The lowest BCUT2D eigenvalue weighted by Crippen LogP contribution is -2.32. The Balaban J connectivity index is 2.11. The third-order valence-corrected chi connectivity index (χ3v) is 6.36. The number of ketones is 1. The Labute approximate surface area is 206 Å². The van der Waals surface area contributed by atoms with E-state index in [9.17, 15) is 14.7 Å². The number of aliphatic hydroxyl groups excluding tert-OH is 1. The maximum Gasteiger partial charge on any atom is 0.295 e. The van der Waals surface area contributed by atoms with E-state index in [2.05, 4.69) is 20.8 Å². The molecular formula is C27H33ClN2O4. The number of nitrogens with zero attached hydrogens (tertiary/aromatic N) is 2. The molecule has 1 unspecified atom stereocenters. The van der Waals surface area contributed by atoms with Gasteiger partial charge in [-0.05, 0) is 61.8 Å². The molecule has 0 radical (unpaired) electrons. The van der Waals surface area contributed by atoms with Gasteiger partial charge in [0.25, 0.3) is 11.7 Å². The minimum atomic E-state index is -0.695. The summed E-state index contributed by atoms with van der Waals surface area (Å²) in [7, 11) is 5.43. The van der Waals surface area contributed by atoms with Crippen LogP contribution in [0.2, 0.25) is 5.02 Å². The summed E-state index contributed by atoms with van der Waals surface area (Å²) in [5.74, 6) is -1.09. The molecule has 0 bridgehead atoms. The first-order valence-corrected chi connectivity index (χ1v) is 11.7. The zero-order valence-electron chi connectivity index (χ0n) is 20.7. The van der Waals surface area contributed by atoms with Gasteiger partial charge in [-0.25, -0.2) is 0 Å². The fourth-order valence-corrected chi connectivity index (χ4v) is 4.41. The molecule has 0 aromatic heterocycles. The largest absolute Gasteiger partial charge is 0.507 e. The lowest BCUT2D eigenvalue weighted by Gasteiger charge is -2.27. The standard InChI is InChI=1S/C27H33ClN2O4/c1-27(2,3)19-11-8-17(9-12-19)23-22(24(31)18-10-13-21(34-6)20(28)16-18)25(32)26(33)30(23)15-7-14-29(4)5/h8-13,16,23,31H,7,14-15H2,1-6H3/b24-22+. The van der Waals surface area contributed by atoms with Gasteiger partial charge in [-0.1, -0.05) is 56.6 Å². The molecule has 182 valence electrons. The summed E-state index contributed by atoms with van der Waals surface area (Å²) in [4.78, 5) is 29.8. The molecule has 6 nitrogen and oxygen atoms in total. The Bertz CT molecular complexity index is 1100. The molecule has 2 aromatic rings. The number of likely N-dealkylation sites (tertiary alicyclic amines) is 1. The van der Waals surface area contributed by atoms with Crippen LogP contribution in [0.4, 0.5) is 0 Å². The van der Waals surface area contributed by atoms with Gasteiger partial charge in [0.05, 0.1) is 23.7 Å². The van der Waals surface area contributed by atoms with Crippen molar-refractivity contribution in [3.63, 3.8) is 0 Å². The second-order valence-corrected chi connectivity index (χ2v) is 10.3. The summed E-state index contributed by atoms with van der Waals surface area (Å²) in [6, 6.07) is 12.0. The number of rotatable bonds is 7. The van der Waals surface area contributed by atoms with Crippen molar-refractivity contribution < 1.29 is 19.4 Å². The van der Waals surface area contributed by atoms with E-state index >= 15 is 0 Å². The number of aliphatic hydroxyl groups is 1. The number of carbonyl (C=O) groups is 2. The number of benzene rings is 2. The Hall–Kier alpha value is -2.83. The van der Waals surface area contributed by atoms with Crippen molar-refractivity contribution in [3.8, 4) is 5.75 Å². The minimum Gasteiger partial charge on any atom is -0.507 e. The number of hydrogen-bond acceptors (Lipinski definition) is 5. The lowest BCUT2D eigenvalue weighted by atomic mass is 9.85. The average molecular weight is 485 g/mol. The zero-order valence-corrected chi connectivity index (χ0v) is 21.4. The average Bonchev–Trinajstić information content (AvgIpc) is 3.02. The van der Waals surface area contributed by atoms with Gasteiger partial charge in [-0.3, -0.25) is 9.59 Å². The van der Waals surface area contributed by atoms with E-state index in [-0.39, 0.29) is 16.7 Å². The first-order valence-electron chi connectivity index (χ1n) is 11.3. The lowest BCUT2D eigenvalue weighted by molar-refractivity contribution is -0.139. The first-order chi connectivity index (χ1) is 16.0. The van der Waals surface area contributed by atoms with Crippen molar-refractivity contribution in [3.05, 3.63) is 69.8 Å². The smallest absolute Gasteiger partial charge is 0.295 e. The van der Waals surface area contributed by atoms with Gasteiger partial charge >= 0.3 is 0 Å². The molecule has 1 aliphatic heterocycles. The highest BCUT2D eigenvalue weighted by molar-refractivity contribution is 6.46. The van der Waals surface area contributed by atoms with Gasteiger partial charge in [0.2, 0.25) is 0 Å². The third-order valence-electron chi connectivity index (χ3n) is 6.06. The maximum absolute atomic E-state index is 13.2. The summed E-state index contributed by atoms with van der Waals surface area (Å²) < 4.78 is 5.19. The van der Waals surface area contributed by atoms with E-state index in [1.165, 1.54) is 13.2 Å². The van der Waals surface area contributed by atoms with Crippen molar-refractivity contribution in [2.75, 3.05) is 34.3 Å². The van der Waals surface area contributed by atoms with Crippen LogP contribution in [0, 0.1) is 0 Å². The van der Waals surface area contributed by atoms with E-state index in [0.29, 0.717) is 29.3 Å². The molecule has 1 N–H and O–H groups in total. The normalized spacial score (nSPS) is 18.1. The van der Waals surface area contributed by atoms with Crippen molar-refractivity contribution in [2.45, 2.75) is 38.6 Å². The number of carbonyl (C=O) groups excluding carboxylic acids is 2. The molecule has 1 atom stereocenters. The molecule has 1 heterocycles. The molecule has 0 spiro atoms. The fraction of sp³-hybridized carbons (Fsp3) is 0.407. The van der Waals surface area contributed by atoms with Crippen LogP contribution in [0.3, 0.4) is 0 Å². The highest BCUT2D eigenvalue weighted by Crippen LogP contribution is 2.41. The molecule has 0 saturated carbocycles. The van der Waals surface area contributed by atoms with Gasteiger partial charge in [0.1, 0.15) is 11.5 Å². The number of Topliss-reactive ketones (excluding diaryl/α,β-unsaturated/α-hetero) is 1. The molecule has 34 heavy (non-hydrogen) atoms. The van der Waals surface area contributed by atoms with Gasteiger partial charge in [-0.2, -0.15) is 0 Å².